The van der Waals surface area contributed by atoms with E-state index in [-0.39, 0.29) is 17.9 Å². The molecule has 1 aromatic heterocycles. The molecule has 8 nitrogen and oxygen atoms in total. The number of likely N-dealkylation sites (tertiary alicyclic amines) is 1. The summed E-state index contributed by atoms with van der Waals surface area (Å²) in [6.07, 6.45) is 7.04. The van der Waals surface area contributed by atoms with Gasteiger partial charge in [-0.1, -0.05) is 11.6 Å². The monoisotopic (exact) mass is 338 g/mol. The number of aromatic nitrogens is 2. The van der Waals surface area contributed by atoms with Crippen LogP contribution in [-0.4, -0.2) is 46.5 Å². The van der Waals surface area contributed by atoms with E-state index in [0.717, 1.165) is 45.1 Å². The Morgan fingerprint density at radius 2 is 2.17 bits per heavy atom. The van der Waals surface area contributed by atoms with Crippen LogP contribution in [-0.2, 0) is 16.0 Å². The average Bonchev–Trinajstić information content (AvgIpc) is 3.00. The molecule has 24 heavy (non-hydrogen) atoms. The Morgan fingerprint density at radius 3 is 2.88 bits per heavy atom. The van der Waals surface area contributed by atoms with Gasteiger partial charge in [-0.05, 0) is 32.1 Å². The summed E-state index contributed by atoms with van der Waals surface area (Å²) < 4.78 is 4.44. The van der Waals surface area contributed by atoms with Gasteiger partial charge in [-0.2, -0.15) is 0 Å². The second-order valence-electron chi connectivity index (χ2n) is 6.22. The summed E-state index contributed by atoms with van der Waals surface area (Å²) in [7, 11) is 1.62. The quantitative estimate of drug-likeness (QED) is 0.687. The number of rotatable bonds is 8. The minimum absolute atomic E-state index is 0.0127. The number of aryl methyl sites for hydroxylation is 1. The van der Waals surface area contributed by atoms with Crippen molar-refractivity contribution < 1.29 is 14.1 Å². The first-order valence-electron chi connectivity index (χ1n) is 8.65. The lowest BCUT2D eigenvalue weighted by molar-refractivity contribution is -0.136. The first-order valence-corrected chi connectivity index (χ1v) is 8.65. The molecule has 0 radical (unpaired) electrons. The topological polar surface area (TPSA) is 108 Å². The van der Waals surface area contributed by atoms with Gasteiger partial charge in [-0.3, -0.25) is 19.1 Å². The predicted octanol–water partition coefficient (Wildman–Crippen LogP) is 0.983. The fraction of sp³-hybridized carbons (Fsp3) is 0.750. The Kier molecular flexibility index (Phi) is 7.02. The van der Waals surface area contributed by atoms with Crippen LogP contribution in [0.15, 0.2) is 9.32 Å². The van der Waals surface area contributed by atoms with E-state index >= 15 is 0 Å². The molecule has 0 bridgehead atoms. The van der Waals surface area contributed by atoms with Crippen LogP contribution >= 0.6 is 0 Å². The number of carbonyl (C=O) groups is 2. The van der Waals surface area contributed by atoms with E-state index in [1.54, 1.807) is 7.05 Å². The minimum Gasteiger partial charge on any atom is -0.359 e. The van der Waals surface area contributed by atoms with Gasteiger partial charge < -0.3 is 10.2 Å². The largest absolute Gasteiger partial charge is 0.438 e. The summed E-state index contributed by atoms with van der Waals surface area (Å²) in [6, 6.07) is 0.0337. The molecule has 1 fully saturated rings. The Labute approximate surface area is 141 Å². The molecule has 1 aliphatic heterocycles. The predicted molar refractivity (Wildman–Crippen MR) is 87.3 cm³/mol. The Balaban J connectivity index is 1.69. The van der Waals surface area contributed by atoms with Gasteiger partial charge in [0.25, 0.3) is 0 Å². The number of hydrogen-bond donors (Lipinski definition) is 2. The fourth-order valence-electron chi connectivity index (χ4n) is 3.11. The van der Waals surface area contributed by atoms with Crippen molar-refractivity contribution >= 4 is 11.8 Å². The second-order valence-corrected chi connectivity index (χ2v) is 6.22. The molecule has 134 valence electrons. The standard InChI is InChI=1S/C16H26N4O4/c1-17-14(21)11-12-7-5-6-10-20(12)15(22)9-4-2-3-8-13-18-16(23)24-19-13/h12H,2-11H2,1H3,(H,17,21)(H,18,19,23). The zero-order chi connectivity index (χ0) is 17.4. The average molecular weight is 338 g/mol. The van der Waals surface area contributed by atoms with Crippen molar-refractivity contribution in [3.63, 3.8) is 0 Å². The normalized spacial score (nSPS) is 17.7. The highest BCUT2D eigenvalue weighted by molar-refractivity contribution is 5.79. The molecule has 2 rings (SSSR count). The number of carbonyl (C=O) groups excluding carboxylic acids is 2. The zero-order valence-electron chi connectivity index (χ0n) is 14.2. The fourth-order valence-corrected chi connectivity index (χ4v) is 3.11. The van der Waals surface area contributed by atoms with Crippen molar-refractivity contribution in [2.45, 2.75) is 63.8 Å². The maximum Gasteiger partial charge on any atom is 0.438 e. The molecule has 2 heterocycles. The van der Waals surface area contributed by atoms with Crippen LogP contribution in [0.5, 0.6) is 0 Å². The highest BCUT2D eigenvalue weighted by Crippen LogP contribution is 2.21. The molecule has 1 atom stereocenters. The molecule has 0 saturated carbocycles. The van der Waals surface area contributed by atoms with E-state index in [0.29, 0.717) is 25.1 Å². The summed E-state index contributed by atoms with van der Waals surface area (Å²) in [6.45, 7) is 0.751. The smallest absolute Gasteiger partial charge is 0.359 e. The van der Waals surface area contributed by atoms with Crippen molar-refractivity contribution in [1.29, 1.82) is 0 Å². The first-order chi connectivity index (χ1) is 11.6. The second kappa shape index (κ2) is 9.24. The third kappa shape index (κ3) is 5.50. The van der Waals surface area contributed by atoms with Crippen molar-refractivity contribution in [3.05, 3.63) is 16.4 Å². The number of nitrogens with one attached hydrogen (secondary N) is 2. The summed E-state index contributed by atoms with van der Waals surface area (Å²) in [5.74, 6) is 0.139. The zero-order valence-corrected chi connectivity index (χ0v) is 14.2. The van der Waals surface area contributed by atoms with Gasteiger partial charge >= 0.3 is 5.76 Å². The summed E-state index contributed by atoms with van der Waals surface area (Å²) in [5.41, 5.74) is 0. The molecule has 1 unspecified atom stereocenters. The van der Waals surface area contributed by atoms with Crippen molar-refractivity contribution in [2.75, 3.05) is 13.6 Å². The van der Waals surface area contributed by atoms with Crippen LogP contribution < -0.4 is 11.1 Å². The molecular formula is C16H26N4O4. The molecule has 1 aliphatic rings. The van der Waals surface area contributed by atoms with E-state index in [2.05, 4.69) is 20.0 Å². The van der Waals surface area contributed by atoms with Crippen LogP contribution in [0.4, 0.5) is 0 Å². The van der Waals surface area contributed by atoms with Gasteiger partial charge in [0.2, 0.25) is 11.8 Å². The van der Waals surface area contributed by atoms with E-state index in [9.17, 15) is 14.4 Å². The van der Waals surface area contributed by atoms with E-state index < -0.39 is 5.76 Å². The maximum atomic E-state index is 12.4. The number of piperidine rings is 1. The van der Waals surface area contributed by atoms with E-state index in [1.165, 1.54) is 0 Å². The van der Waals surface area contributed by atoms with Crippen molar-refractivity contribution in [1.82, 2.24) is 20.4 Å². The van der Waals surface area contributed by atoms with Crippen LogP contribution in [0, 0.1) is 0 Å². The Hall–Kier alpha value is -2.12. The number of nitrogens with zero attached hydrogens (tertiary/aromatic N) is 2. The van der Waals surface area contributed by atoms with Gasteiger partial charge in [0.15, 0.2) is 5.82 Å². The number of H-pyrrole nitrogens is 1. The summed E-state index contributed by atoms with van der Waals surface area (Å²) >= 11 is 0. The molecule has 2 amide bonds. The lowest BCUT2D eigenvalue weighted by atomic mass is 9.98. The molecular weight excluding hydrogens is 312 g/mol. The summed E-state index contributed by atoms with van der Waals surface area (Å²) in [5, 5.41) is 6.24. The first kappa shape index (κ1) is 18.2. The number of hydrogen-bond acceptors (Lipinski definition) is 5. The minimum atomic E-state index is -0.535. The van der Waals surface area contributed by atoms with E-state index in [4.69, 9.17) is 0 Å². The van der Waals surface area contributed by atoms with Gasteiger partial charge in [-0.25, -0.2) is 4.79 Å². The number of unbranched alkanes of at least 4 members (excludes halogenated alkanes) is 2. The number of amides is 2. The highest BCUT2D eigenvalue weighted by Gasteiger charge is 2.27. The maximum absolute atomic E-state index is 12.4. The van der Waals surface area contributed by atoms with Gasteiger partial charge in [0.1, 0.15) is 0 Å². The third-order valence-corrected chi connectivity index (χ3v) is 4.44. The molecule has 0 aliphatic carbocycles. The lowest BCUT2D eigenvalue weighted by Crippen LogP contribution is -2.45. The van der Waals surface area contributed by atoms with Gasteiger partial charge in [-0.15, -0.1) is 0 Å². The van der Waals surface area contributed by atoms with Crippen LogP contribution in [0.25, 0.3) is 0 Å². The van der Waals surface area contributed by atoms with Crippen LogP contribution in [0.2, 0.25) is 0 Å². The van der Waals surface area contributed by atoms with Crippen molar-refractivity contribution in [3.8, 4) is 0 Å². The van der Waals surface area contributed by atoms with Crippen molar-refractivity contribution in [2.24, 2.45) is 0 Å². The highest BCUT2D eigenvalue weighted by atomic mass is 16.5. The molecule has 1 aromatic rings. The SMILES string of the molecule is CNC(=O)CC1CCCCN1C(=O)CCCCCc1noc(=O)[nH]1. The third-order valence-electron chi connectivity index (χ3n) is 4.44. The molecule has 8 heteroatoms. The Bertz CT molecular complexity index is 595. The van der Waals surface area contributed by atoms with Crippen LogP contribution in [0.1, 0.15) is 57.2 Å². The molecule has 0 spiro atoms. The van der Waals surface area contributed by atoms with Gasteiger partial charge in [0, 0.05) is 38.9 Å². The molecule has 0 aromatic carbocycles. The Morgan fingerprint density at radius 1 is 1.33 bits per heavy atom. The van der Waals surface area contributed by atoms with Crippen LogP contribution in [0.3, 0.4) is 0 Å². The number of aromatic amines is 1. The summed E-state index contributed by atoms with van der Waals surface area (Å²) in [4.78, 5) is 39.2. The van der Waals surface area contributed by atoms with E-state index in [1.807, 2.05) is 4.90 Å². The molecule has 1 saturated heterocycles. The van der Waals surface area contributed by atoms with Gasteiger partial charge in [0.05, 0.1) is 0 Å². The molecule has 2 N–H and O–H groups in total. The lowest BCUT2D eigenvalue weighted by Gasteiger charge is -2.35.